The van der Waals surface area contributed by atoms with E-state index in [1.165, 1.54) is 0 Å². The van der Waals surface area contributed by atoms with Gasteiger partial charge in [-0.2, -0.15) is 0 Å². The second-order valence-electron chi connectivity index (χ2n) is 5.61. The van der Waals surface area contributed by atoms with E-state index in [4.69, 9.17) is 10.5 Å². The Labute approximate surface area is 90.8 Å². The van der Waals surface area contributed by atoms with Crippen molar-refractivity contribution in [1.82, 2.24) is 4.90 Å². The van der Waals surface area contributed by atoms with Crippen molar-refractivity contribution in [2.45, 2.75) is 26.4 Å². The zero-order chi connectivity index (χ0) is 11.2. The SMILES string of the molecule is CC(C)(C)OC(=O)N1CC2C(CN)C2C1. The van der Waals surface area contributed by atoms with Gasteiger partial charge in [0.05, 0.1) is 0 Å². The molecule has 0 aromatic carbocycles. The van der Waals surface area contributed by atoms with Crippen molar-refractivity contribution >= 4 is 6.09 Å². The number of piperidine rings is 1. The molecule has 2 aliphatic rings. The van der Waals surface area contributed by atoms with Gasteiger partial charge in [-0.05, 0) is 45.1 Å². The van der Waals surface area contributed by atoms with Gasteiger partial charge in [-0.25, -0.2) is 4.79 Å². The van der Waals surface area contributed by atoms with Gasteiger partial charge in [-0.3, -0.25) is 0 Å². The molecule has 0 spiro atoms. The van der Waals surface area contributed by atoms with E-state index in [9.17, 15) is 4.79 Å². The second kappa shape index (κ2) is 3.37. The fraction of sp³-hybridized carbons (Fsp3) is 0.909. The van der Waals surface area contributed by atoms with Crippen LogP contribution in [0.3, 0.4) is 0 Å². The molecule has 0 aromatic rings. The molecule has 4 nitrogen and oxygen atoms in total. The number of amides is 1. The second-order valence-corrected chi connectivity index (χ2v) is 5.61. The lowest BCUT2D eigenvalue weighted by Crippen LogP contribution is -2.37. The molecule has 86 valence electrons. The highest BCUT2D eigenvalue weighted by Gasteiger charge is 2.56. The van der Waals surface area contributed by atoms with E-state index in [-0.39, 0.29) is 6.09 Å². The topological polar surface area (TPSA) is 55.6 Å². The molecule has 1 amide bonds. The lowest BCUT2D eigenvalue weighted by Gasteiger charge is -2.25. The first-order chi connectivity index (χ1) is 6.92. The summed E-state index contributed by atoms with van der Waals surface area (Å²) >= 11 is 0. The predicted octanol–water partition coefficient (Wildman–Crippen LogP) is 1.06. The monoisotopic (exact) mass is 212 g/mol. The van der Waals surface area contributed by atoms with E-state index < -0.39 is 5.60 Å². The van der Waals surface area contributed by atoms with Crippen LogP contribution < -0.4 is 5.73 Å². The van der Waals surface area contributed by atoms with Crippen LogP contribution in [0.2, 0.25) is 0 Å². The Morgan fingerprint density at radius 3 is 2.33 bits per heavy atom. The summed E-state index contributed by atoms with van der Waals surface area (Å²) in [5.74, 6) is 1.94. The van der Waals surface area contributed by atoms with Crippen LogP contribution in [0.25, 0.3) is 0 Å². The number of carbonyl (C=O) groups excluding carboxylic acids is 1. The van der Waals surface area contributed by atoms with Gasteiger partial charge in [-0.15, -0.1) is 0 Å². The summed E-state index contributed by atoms with van der Waals surface area (Å²) in [7, 11) is 0. The number of fused-ring (bicyclic) bond motifs is 1. The zero-order valence-corrected chi connectivity index (χ0v) is 9.69. The van der Waals surface area contributed by atoms with Crippen molar-refractivity contribution in [1.29, 1.82) is 0 Å². The van der Waals surface area contributed by atoms with Gasteiger partial charge in [0.25, 0.3) is 0 Å². The van der Waals surface area contributed by atoms with Crippen LogP contribution in [0.1, 0.15) is 20.8 Å². The van der Waals surface area contributed by atoms with E-state index in [0.717, 1.165) is 19.6 Å². The Hall–Kier alpha value is -0.770. The number of nitrogens with zero attached hydrogens (tertiary/aromatic N) is 1. The number of ether oxygens (including phenoxy) is 1. The number of nitrogens with two attached hydrogens (primary N) is 1. The van der Waals surface area contributed by atoms with Crippen LogP contribution in [0.4, 0.5) is 4.79 Å². The number of carbonyl (C=O) groups is 1. The molecule has 0 aromatic heterocycles. The molecule has 1 aliphatic heterocycles. The molecule has 4 heteroatoms. The summed E-state index contributed by atoms with van der Waals surface area (Å²) in [6, 6.07) is 0. The Bertz CT molecular complexity index is 260. The van der Waals surface area contributed by atoms with Crippen LogP contribution in [0.15, 0.2) is 0 Å². The van der Waals surface area contributed by atoms with Gasteiger partial charge in [-0.1, -0.05) is 0 Å². The van der Waals surface area contributed by atoms with Crippen LogP contribution in [-0.2, 0) is 4.74 Å². The maximum Gasteiger partial charge on any atom is 0.410 e. The van der Waals surface area contributed by atoms with Crippen molar-refractivity contribution in [2.24, 2.45) is 23.5 Å². The van der Waals surface area contributed by atoms with Gasteiger partial charge < -0.3 is 15.4 Å². The smallest absolute Gasteiger partial charge is 0.410 e. The van der Waals surface area contributed by atoms with E-state index in [0.29, 0.717) is 17.8 Å². The third-order valence-corrected chi connectivity index (χ3v) is 3.30. The van der Waals surface area contributed by atoms with Gasteiger partial charge in [0, 0.05) is 13.1 Å². The van der Waals surface area contributed by atoms with Crippen molar-refractivity contribution in [3.63, 3.8) is 0 Å². The third kappa shape index (κ3) is 2.09. The van der Waals surface area contributed by atoms with Gasteiger partial charge >= 0.3 is 6.09 Å². The largest absolute Gasteiger partial charge is 0.444 e. The highest BCUT2D eigenvalue weighted by Crippen LogP contribution is 2.51. The Morgan fingerprint density at radius 1 is 1.40 bits per heavy atom. The molecule has 1 saturated heterocycles. The summed E-state index contributed by atoms with van der Waals surface area (Å²) < 4.78 is 5.32. The average Bonchev–Trinajstić information content (AvgIpc) is 2.54. The summed E-state index contributed by atoms with van der Waals surface area (Å²) in [4.78, 5) is 13.5. The molecule has 2 atom stereocenters. The molecule has 1 saturated carbocycles. The zero-order valence-electron chi connectivity index (χ0n) is 9.69. The first kappa shape index (κ1) is 10.7. The minimum Gasteiger partial charge on any atom is -0.444 e. The number of rotatable bonds is 1. The van der Waals surface area contributed by atoms with Gasteiger partial charge in [0.1, 0.15) is 5.60 Å². The van der Waals surface area contributed by atoms with Crippen LogP contribution >= 0.6 is 0 Å². The molecular formula is C11H20N2O2. The first-order valence-electron chi connectivity index (χ1n) is 5.60. The van der Waals surface area contributed by atoms with Crippen LogP contribution in [-0.4, -0.2) is 36.2 Å². The number of hydrogen-bond donors (Lipinski definition) is 1. The first-order valence-corrected chi connectivity index (χ1v) is 5.60. The van der Waals surface area contributed by atoms with E-state index >= 15 is 0 Å². The van der Waals surface area contributed by atoms with Crippen molar-refractivity contribution < 1.29 is 9.53 Å². The Kier molecular flexibility index (Phi) is 2.41. The normalized spacial score (nSPS) is 33.9. The Balaban J connectivity index is 1.82. The lowest BCUT2D eigenvalue weighted by atomic mass is 10.2. The van der Waals surface area contributed by atoms with Crippen LogP contribution in [0, 0.1) is 17.8 Å². The van der Waals surface area contributed by atoms with Gasteiger partial charge in [0.15, 0.2) is 0 Å². The highest BCUT2D eigenvalue weighted by atomic mass is 16.6. The quantitative estimate of drug-likeness (QED) is 0.707. The molecule has 15 heavy (non-hydrogen) atoms. The molecular weight excluding hydrogens is 192 g/mol. The molecule has 0 radical (unpaired) electrons. The summed E-state index contributed by atoms with van der Waals surface area (Å²) in [6.07, 6.45) is -0.175. The van der Waals surface area contributed by atoms with Gasteiger partial charge in [0.2, 0.25) is 0 Å². The molecule has 1 heterocycles. The minimum atomic E-state index is -0.392. The minimum absolute atomic E-state index is 0.175. The lowest BCUT2D eigenvalue weighted by molar-refractivity contribution is 0.0266. The van der Waals surface area contributed by atoms with Crippen molar-refractivity contribution in [2.75, 3.05) is 19.6 Å². The molecule has 2 unspecified atom stereocenters. The molecule has 2 fully saturated rings. The van der Waals surface area contributed by atoms with E-state index in [2.05, 4.69) is 0 Å². The van der Waals surface area contributed by atoms with Crippen molar-refractivity contribution in [3.05, 3.63) is 0 Å². The predicted molar refractivity (Wildman–Crippen MR) is 57.3 cm³/mol. The molecule has 2 N–H and O–H groups in total. The maximum absolute atomic E-state index is 11.7. The fourth-order valence-electron chi connectivity index (χ4n) is 2.47. The van der Waals surface area contributed by atoms with Crippen LogP contribution in [0.5, 0.6) is 0 Å². The fourth-order valence-corrected chi connectivity index (χ4v) is 2.47. The average molecular weight is 212 g/mol. The maximum atomic E-state index is 11.7. The third-order valence-electron chi connectivity index (χ3n) is 3.30. The summed E-state index contributed by atoms with van der Waals surface area (Å²) in [6.45, 7) is 8.11. The standard InChI is InChI=1S/C11H20N2O2/c1-11(2,3)15-10(14)13-5-8-7(4-12)9(8)6-13/h7-9H,4-6,12H2,1-3H3. The molecule has 2 rings (SSSR count). The summed E-state index contributed by atoms with van der Waals surface area (Å²) in [5.41, 5.74) is 5.22. The Morgan fingerprint density at radius 2 is 1.93 bits per heavy atom. The summed E-state index contributed by atoms with van der Waals surface area (Å²) in [5, 5.41) is 0. The van der Waals surface area contributed by atoms with E-state index in [1.54, 1.807) is 0 Å². The number of likely N-dealkylation sites (tertiary alicyclic amines) is 1. The van der Waals surface area contributed by atoms with Crippen molar-refractivity contribution in [3.8, 4) is 0 Å². The highest BCUT2D eigenvalue weighted by molar-refractivity contribution is 5.68. The molecule has 1 aliphatic carbocycles. The molecule has 0 bridgehead atoms. The van der Waals surface area contributed by atoms with E-state index in [1.807, 2.05) is 25.7 Å². The number of hydrogen-bond acceptors (Lipinski definition) is 3.